The van der Waals surface area contributed by atoms with Gasteiger partial charge < -0.3 is 19.1 Å². The van der Waals surface area contributed by atoms with E-state index in [2.05, 4.69) is 4.99 Å². The monoisotopic (exact) mass is 562 g/mol. The van der Waals surface area contributed by atoms with Crippen molar-refractivity contribution in [3.8, 4) is 5.75 Å². The average Bonchev–Trinajstić information content (AvgIpc) is 3.43. The van der Waals surface area contributed by atoms with Gasteiger partial charge in [-0.05, 0) is 55.5 Å². The lowest BCUT2D eigenvalue weighted by atomic mass is 10.1. The van der Waals surface area contributed by atoms with Gasteiger partial charge in [0.05, 0.1) is 23.7 Å². The van der Waals surface area contributed by atoms with Crippen LogP contribution >= 0.6 is 23.4 Å². The second-order valence-electron chi connectivity index (χ2n) is 8.52. The van der Waals surface area contributed by atoms with Crippen LogP contribution in [-0.2, 0) is 16.1 Å². The third kappa shape index (κ3) is 5.87. The predicted molar refractivity (Wildman–Crippen MR) is 154 cm³/mol. The molecule has 0 spiro atoms. The van der Waals surface area contributed by atoms with Gasteiger partial charge in [-0.2, -0.15) is 0 Å². The molecule has 5 rings (SSSR count). The van der Waals surface area contributed by atoms with Crippen LogP contribution in [0.1, 0.15) is 12.5 Å². The molecule has 0 saturated heterocycles. The van der Waals surface area contributed by atoms with Crippen molar-refractivity contribution in [2.45, 2.75) is 13.5 Å². The molecule has 1 aliphatic rings. The number of halogens is 2. The summed E-state index contributed by atoms with van der Waals surface area (Å²) in [7, 11) is 0. The third-order valence-electron chi connectivity index (χ3n) is 5.96. The SMILES string of the molecule is CCOC(=O)C1=C(O)/C(=C/c2cn(CCOc3ccccc3F)c3ccccc23)SC1=Nc1ccc(Cl)cc1. The van der Waals surface area contributed by atoms with Crippen molar-refractivity contribution in [2.75, 3.05) is 13.2 Å². The highest BCUT2D eigenvalue weighted by molar-refractivity contribution is 8.18. The number of carbonyl (C=O) groups is 1. The van der Waals surface area contributed by atoms with Crippen molar-refractivity contribution in [3.05, 3.63) is 112 Å². The van der Waals surface area contributed by atoms with Gasteiger partial charge >= 0.3 is 5.97 Å². The van der Waals surface area contributed by atoms with E-state index in [0.717, 1.165) is 16.5 Å². The molecule has 2 heterocycles. The summed E-state index contributed by atoms with van der Waals surface area (Å²) in [5, 5.41) is 12.9. The fourth-order valence-electron chi connectivity index (χ4n) is 4.16. The summed E-state index contributed by atoms with van der Waals surface area (Å²) >= 11 is 7.18. The highest BCUT2D eigenvalue weighted by Gasteiger charge is 2.33. The average molecular weight is 563 g/mol. The number of rotatable bonds is 8. The molecule has 9 heteroatoms. The van der Waals surface area contributed by atoms with Crippen molar-refractivity contribution >= 4 is 57.0 Å². The second kappa shape index (κ2) is 11.8. The summed E-state index contributed by atoms with van der Waals surface area (Å²) in [4.78, 5) is 17.8. The van der Waals surface area contributed by atoms with Crippen LogP contribution in [0, 0.1) is 5.82 Å². The molecule has 0 bridgehead atoms. The number of thioether (sulfide) groups is 1. The lowest BCUT2D eigenvalue weighted by molar-refractivity contribution is -0.138. The number of aromatic nitrogens is 1. The van der Waals surface area contributed by atoms with Crippen molar-refractivity contribution in [3.63, 3.8) is 0 Å². The molecule has 0 atom stereocenters. The molecule has 3 aromatic carbocycles. The first-order valence-corrected chi connectivity index (χ1v) is 13.4. The first kappa shape index (κ1) is 26.6. The van der Waals surface area contributed by atoms with Gasteiger partial charge in [-0.3, -0.25) is 0 Å². The molecule has 0 unspecified atom stereocenters. The molecule has 1 N–H and O–H groups in total. The van der Waals surface area contributed by atoms with E-state index >= 15 is 0 Å². The largest absolute Gasteiger partial charge is 0.506 e. The predicted octanol–water partition coefficient (Wildman–Crippen LogP) is 7.71. The van der Waals surface area contributed by atoms with E-state index in [1.807, 2.05) is 41.1 Å². The van der Waals surface area contributed by atoms with E-state index in [-0.39, 0.29) is 30.3 Å². The smallest absolute Gasteiger partial charge is 0.344 e. The standard InChI is InChI=1S/C30H24ClFN2O4S/c1-2-37-30(36)27-28(35)26(39-29(27)33-21-13-11-20(31)12-14-21)17-19-18-34(24-9-5-3-7-22(19)24)15-16-38-25-10-6-4-8-23(25)32/h3-14,17-18,35H,2,15-16H2,1H3/b26-17-,33-29?. The molecule has 1 aliphatic heterocycles. The van der Waals surface area contributed by atoms with Crippen LogP contribution in [0.5, 0.6) is 5.75 Å². The van der Waals surface area contributed by atoms with Crippen LogP contribution in [0.25, 0.3) is 17.0 Å². The van der Waals surface area contributed by atoms with Gasteiger partial charge in [-0.25, -0.2) is 14.2 Å². The summed E-state index contributed by atoms with van der Waals surface area (Å²) < 4.78 is 26.8. The van der Waals surface area contributed by atoms with E-state index in [4.69, 9.17) is 21.1 Å². The number of ether oxygens (including phenoxy) is 2. The molecular weight excluding hydrogens is 539 g/mol. The number of fused-ring (bicyclic) bond motifs is 1. The number of hydrogen-bond acceptors (Lipinski definition) is 6. The highest BCUT2D eigenvalue weighted by Crippen LogP contribution is 2.41. The van der Waals surface area contributed by atoms with Crippen LogP contribution in [0.3, 0.4) is 0 Å². The van der Waals surface area contributed by atoms with Gasteiger partial charge in [0.25, 0.3) is 0 Å². The second-order valence-corrected chi connectivity index (χ2v) is 9.99. The summed E-state index contributed by atoms with van der Waals surface area (Å²) in [6.07, 6.45) is 3.76. The van der Waals surface area contributed by atoms with Gasteiger partial charge in [-0.15, -0.1) is 0 Å². The Morgan fingerprint density at radius 3 is 2.62 bits per heavy atom. The molecule has 6 nitrogen and oxygen atoms in total. The lowest BCUT2D eigenvalue weighted by Gasteiger charge is -2.08. The number of benzene rings is 3. The Morgan fingerprint density at radius 2 is 1.85 bits per heavy atom. The molecule has 0 saturated carbocycles. The zero-order valence-corrected chi connectivity index (χ0v) is 22.5. The number of aliphatic hydroxyl groups excluding tert-OH is 1. The molecule has 1 aromatic heterocycles. The summed E-state index contributed by atoms with van der Waals surface area (Å²) in [6, 6.07) is 21.0. The number of aliphatic imine (C=N–C) groups is 1. The summed E-state index contributed by atoms with van der Waals surface area (Å²) in [5.41, 5.74) is 2.39. The lowest BCUT2D eigenvalue weighted by Crippen LogP contribution is -2.12. The molecule has 0 aliphatic carbocycles. The van der Waals surface area contributed by atoms with Gasteiger partial charge in [0.2, 0.25) is 0 Å². The van der Waals surface area contributed by atoms with E-state index in [1.54, 1.807) is 49.4 Å². The minimum Gasteiger partial charge on any atom is -0.506 e. The molecule has 0 radical (unpaired) electrons. The Labute approximate surface area is 234 Å². The first-order chi connectivity index (χ1) is 18.9. The number of carbonyl (C=O) groups excluding carboxylic acids is 1. The van der Waals surface area contributed by atoms with Crippen molar-refractivity contribution in [1.29, 1.82) is 0 Å². The Kier molecular flexibility index (Phi) is 8.05. The zero-order valence-electron chi connectivity index (χ0n) is 20.9. The maximum atomic E-state index is 13.9. The van der Waals surface area contributed by atoms with E-state index < -0.39 is 11.8 Å². The van der Waals surface area contributed by atoms with Gasteiger partial charge in [-0.1, -0.05) is 53.7 Å². The van der Waals surface area contributed by atoms with Gasteiger partial charge in [0.1, 0.15) is 23.0 Å². The zero-order chi connectivity index (χ0) is 27.4. The fraction of sp³-hybridized carbons (Fsp3) is 0.133. The van der Waals surface area contributed by atoms with Gasteiger partial charge in [0.15, 0.2) is 11.6 Å². The normalized spacial score (nSPS) is 15.5. The summed E-state index contributed by atoms with van der Waals surface area (Å²) in [5.74, 6) is -1.04. The van der Waals surface area contributed by atoms with Crippen molar-refractivity contribution in [2.24, 2.45) is 4.99 Å². The maximum absolute atomic E-state index is 13.9. The molecule has 0 amide bonds. The third-order valence-corrected chi connectivity index (χ3v) is 7.23. The molecule has 0 fully saturated rings. The molecule has 4 aromatic rings. The molecular formula is C30H24ClFN2O4S. The van der Waals surface area contributed by atoms with Crippen molar-refractivity contribution in [1.82, 2.24) is 4.57 Å². The first-order valence-electron chi connectivity index (χ1n) is 12.2. The number of esters is 1. The topological polar surface area (TPSA) is 73.0 Å². The highest BCUT2D eigenvalue weighted by atomic mass is 35.5. The minimum atomic E-state index is -0.647. The summed E-state index contributed by atoms with van der Waals surface area (Å²) in [6.45, 7) is 2.61. The van der Waals surface area contributed by atoms with E-state index in [9.17, 15) is 14.3 Å². The Morgan fingerprint density at radius 1 is 1.10 bits per heavy atom. The number of hydrogen-bond donors (Lipinski definition) is 1. The van der Waals surface area contributed by atoms with E-state index in [0.29, 0.717) is 27.2 Å². The minimum absolute atomic E-state index is 0.0186. The molecule has 39 heavy (non-hydrogen) atoms. The van der Waals surface area contributed by atoms with Crippen LogP contribution in [0.15, 0.2) is 100 Å². The molecule has 198 valence electrons. The van der Waals surface area contributed by atoms with Crippen LogP contribution < -0.4 is 4.74 Å². The van der Waals surface area contributed by atoms with Gasteiger partial charge in [0, 0.05) is 27.7 Å². The van der Waals surface area contributed by atoms with E-state index in [1.165, 1.54) is 17.8 Å². The number of para-hydroxylation sites is 2. The quantitative estimate of drug-likeness (QED) is 0.223. The van der Waals surface area contributed by atoms with Crippen LogP contribution in [0.2, 0.25) is 5.02 Å². The Hall–Kier alpha value is -4.01. The number of aliphatic hydroxyl groups is 1. The maximum Gasteiger partial charge on any atom is 0.344 e. The Bertz CT molecular complexity index is 1630. The van der Waals surface area contributed by atoms with Crippen LogP contribution in [-0.4, -0.2) is 33.9 Å². The van der Waals surface area contributed by atoms with Crippen LogP contribution in [0.4, 0.5) is 10.1 Å². The fourth-order valence-corrected chi connectivity index (χ4v) is 5.31. The number of nitrogens with zero attached hydrogens (tertiary/aromatic N) is 2. The van der Waals surface area contributed by atoms with Crippen molar-refractivity contribution < 1.29 is 23.8 Å². The Balaban J connectivity index is 1.47.